The van der Waals surface area contributed by atoms with Crippen LogP contribution in [0, 0.1) is 5.41 Å². The Kier molecular flexibility index (Phi) is 4.85. The van der Waals surface area contributed by atoms with Crippen molar-refractivity contribution >= 4 is 5.91 Å². The van der Waals surface area contributed by atoms with Crippen molar-refractivity contribution in [1.82, 2.24) is 5.32 Å². The fourth-order valence-corrected chi connectivity index (χ4v) is 0.748. The van der Waals surface area contributed by atoms with Crippen molar-refractivity contribution in [2.24, 2.45) is 5.41 Å². The van der Waals surface area contributed by atoms with Crippen LogP contribution in [0.5, 0.6) is 0 Å². The van der Waals surface area contributed by atoms with Crippen LogP contribution in [0.1, 0.15) is 20.3 Å². The lowest BCUT2D eigenvalue weighted by Gasteiger charge is -2.20. The van der Waals surface area contributed by atoms with E-state index in [-0.39, 0.29) is 37.5 Å². The van der Waals surface area contributed by atoms with Crippen molar-refractivity contribution in [3.05, 3.63) is 0 Å². The van der Waals surface area contributed by atoms with Crippen molar-refractivity contribution in [2.75, 3.05) is 19.8 Å². The molecule has 0 aliphatic rings. The second kappa shape index (κ2) is 5.11. The molecule has 0 aliphatic carbocycles. The lowest BCUT2D eigenvalue weighted by atomic mass is 9.90. The summed E-state index contributed by atoms with van der Waals surface area (Å²) < 4.78 is 0. The Morgan fingerprint density at radius 2 is 2.00 bits per heavy atom. The normalized spacial score (nSPS) is 11.3. The van der Waals surface area contributed by atoms with E-state index < -0.39 is 0 Å². The number of rotatable bonds is 5. The minimum atomic E-state index is -0.375. The number of hydrogen-bond donors (Lipinski definition) is 3. The number of hydrogen-bond acceptors (Lipinski definition) is 3. The number of aliphatic hydroxyl groups is 2. The zero-order chi connectivity index (χ0) is 9.61. The zero-order valence-electron chi connectivity index (χ0n) is 7.63. The van der Waals surface area contributed by atoms with Gasteiger partial charge in [-0.2, -0.15) is 0 Å². The Balaban J connectivity index is 3.68. The van der Waals surface area contributed by atoms with Gasteiger partial charge >= 0.3 is 0 Å². The molecule has 0 aromatic heterocycles. The predicted octanol–water partition coefficient (Wildman–Crippen LogP) is -0.497. The molecule has 12 heavy (non-hydrogen) atoms. The molecule has 4 nitrogen and oxygen atoms in total. The third-order valence-corrected chi connectivity index (χ3v) is 1.50. The summed E-state index contributed by atoms with van der Waals surface area (Å²) in [5, 5.41) is 19.8. The van der Waals surface area contributed by atoms with Gasteiger partial charge in [-0.15, -0.1) is 0 Å². The molecular formula is C8H17NO3. The van der Waals surface area contributed by atoms with E-state index >= 15 is 0 Å². The first-order valence-electron chi connectivity index (χ1n) is 4.00. The average Bonchev–Trinajstić information content (AvgIpc) is 2.00. The molecule has 4 heteroatoms. The van der Waals surface area contributed by atoms with E-state index in [0.29, 0.717) is 0 Å². The maximum Gasteiger partial charge on any atom is 0.220 e. The van der Waals surface area contributed by atoms with Crippen LogP contribution in [0.2, 0.25) is 0 Å². The minimum Gasteiger partial charge on any atom is -0.396 e. The number of amides is 1. The van der Waals surface area contributed by atoms with Crippen molar-refractivity contribution < 1.29 is 15.0 Å². The summed E-state index contributed by atoms with van der Waals surface area (Å²) in [7, 11) is 0. The summed E-state index contributed by atoms with van der Waals surface area (Å²) in [6.07, 6.45) is 0.281. The maximum atomic E-state index is 11.0. The lowest BCUT2D eigenvalue weighted by molar-refractivity contribution is -0.123. The summed E-state index contributed by atoms with van der Waals surface area (Å²) in [5.74, 6) is -0.136. The van der Waals surface area contributed by atoms with Gasteiger partial charge in [-0.05, 0) is 5.41 Å². The fraction of sp³-hybridized carbons (Fsp3) is 0.875. The molecule has 0 aromatic carbocycles. The Labute approximate surface area is 72.6 Å². The van der Waals surface area contributed by atoms with E-state index in [2.05, 4.69) is 5.32 Å². The molecule has 0 aromatic rings. The molecule has 0 rings (SSSR count). The molecule has 0 radical (unpaired) electrons. The number of carbonyl (C=O) groups excluding carboxylic acids is 1. The standard InChI is InChI=1S/C8H17NO3/c1-8(2,6-11)5-7(12)9-3-4-10/h10-11H,3-6H2,1-2H3,(H,9,12). The second-order valence-corrected chi connectivity index (χ2v) is 3.57. The van der Waals surface area contributed by atoms with Crippen LogP contribution in [0.15, 0.2) is 0 Å². The molecule has 1 amide bonds. The van der Waals surface area contributed by atoms with Crippen molar-refractivity contribution in [3.8, 4) is 0 Å². The molecular weight excluding hydrogens is 158 g/mol. The Morgan fingerprint density at radius 3 is 2.42 bits per heavy atom. The molecule has 0 spiro atoms. The summed E-state index contributed by atoms with van der Waals surface area (Å²) in [6, 6.07) is 0. The van der Waals surface area contributed by atoms with Crippen LogP contribution in [0.4, 0.5) is 0 Å². The van der Waals surface area contributed by atoms with Gasteiger partial charge in [0, 0.05) is 19.6 Å². The van der Waals surface area contributed by atoms with E-state index in [1.54, 1.807) is 0 Å². The summed E-state index contributed by atoms with van der Waals surface area (Å²) in [5.41, 5.74) is -0.375. The summed E-state index contributed by atoms with van der Waals surface area (Å²) in [6.45, 7) is 3.84. The molecule has 0 saturated carbocycles. The van der Waals surface area contributed by atoms with Gasteiger partial charge in [0.1, 0.15) is 0 Å². The van der Waals surface area contributed by atoms with Crippen molar-refractivity contribution in [3.63, 3.8) is 0 Å². The van der Waals surface area contributed by atoms with Gasteiger partial charge in [-0.25, -0.2) is 0 Å². The predicted molar refractivity (Wildman–Crippen MR) is 45.6 cm³/mol. The highest BCUT2D eigenvalue weighted by Gasteiger charge is 2.20. The largest absolute Gasteiger partial charge is 0.396 e. The Morgan fingerprint density at radius 1 is 1.42 bits per heavy atom. The lowest BCUT2D eigenvalue weighted by Crippen LogP contribution is -2.32. The first-order valence-corrected chi connectivity index (χ1v) is 4.00. The van der Waals surface area contributed by atoms with Crippen LogP contribution in [0.3, 0.4) is 0 Å². The van der Waals surface area contributed by atoms with Crippen molar-refractivity contribution in [2.45, 2.75) is 20.3 Å². The summed E-state index contributed by atoms with van der Waals surface area (Å²) in [4.78, 5) is 11.0. The monoisotopic (exact) mass is 175 g/mol. The highest BCUT2D eigenvalue weighted by atomic mass is 16.3. The number of aliphatic hydroxyl groups excluding tert-OH is 2. The maximum absolute atomic E-state index is 11.0. The smallest absolute Gasteiger partial charge is 0.220 e. The van der Waals surface area contributed by atoms with Gasteiger partial charge in [-0.1, -0.05) is 13.8 Å². The van der Waals surface area contributed by atoms with E-state index in [1.165, 1.54) is 0 Å². The van der Waals surface area contributed by atoms with Gasteiger partial charge in [0.15, 0.2) is 0 Å². The molecule has 0 unspecified atom stereocenters. The molecule has 0 atom stereocenters. The quantitative estimate of drug-likeness (QED) is 0.528. The molecule has 0 saturated heterocycles. The van der Waals surface area contributed by atoms with Gasteiger partial charge in [0.25, 0.3) is 0 Å². The SMILES string of the molecule is CC(C)(CO)CC(=O)NCCO. The highest BCUT2D eigenvalue weighted by molar-refractivity contribution is 5.76. The first-order chi connectivity index (χ1) is 5.52. The molecule has 0 fully saturated rings. The van der Waals surface area contributed by atoms with Crippen LogP contribution in [-0.4, -0.2) is 35.9 Å². The molecule has 0 aliphatic heterocycles. The first kappa shape index (κ1) is 11.4. The van der Waals surface area contributed by atoms with E-state index in [9.17, 15) is 4.79 Å². The second-order valence-electron chi connectivity index (χ2n) is 3.57. The molecule has 0 bridgehead atoms. The Hall–Kier alpha value is -0.610. The van der Waals surface area contributed by atoms with Gasteiger partial charge in [-0.3, -0.25) is 4.79 Å². The van der Waals surface area contributed by atoms with Crippen LogP contribution < -0.4 is 5.32 Å². The van der Waals surface area contributed by atoms with Crippen LogP contribution in [-0.2, 0) is 4.79 Å². The summed E-state index contributed by atoms with van der Waals surface area (Å²) >= 11 is 0. The van der Waals surface area contributed by atoms with Crippen molar-refractivity contribution in [1.29, 1.82) is 0 Å². The molecule has 72 valence electrons. The Bertz CT molecular complexity index is 145. The van der Waals surface area contributed by atoms with Gasteiger partial charge < -0.3 is 15.5 Å². The topological polar surface area (TPSA) is 69.6 Å². The number of carbonyl (C=O) groups is 1. The zero-order valence-corrected chi connectivity index (χ0v) is 7.63. The average molecular weight is 175 g/mol. The van der Waals surface area contributed by atoms with Gasteiger partial charge in [0.2, 0.25) is 5.91 Å². The third kappa shape index (κ3) is 5.09. The minimum absolute atomic E-state index is 0.0143. The number of nitrogens with one attached hydrogen (secondary N) is 1. The fourth-order valence-electron chi connectivity index (χ4n) is 0.748. The van der Waals surface area contributed by atoms with E-state index in [4.69, 9.17) is 10.2 Å². The highest BCUT2D eigenvalue weighted by Crippen LogP contribution is 2.18. The van der Waals surface area contributed by atoms with Crippen LogP contribution >= 0.6 is 0 Å². The van der Waals surface area contributed by atoms with Crippen LogP contribution in [0.25, 0.3) is 0 Å². The third-order valence-electron chi connectivity index (χ3n) is 1.50. The molecule has 3 N–H and O–H groups in total. The van der Waals surface area contributed by atoms with Gasteiger partial charge in [0.05, 0.1) is 6.61 Å². The van der Waals surface area contributed by atoms with E-state index in [1.807, 2.05) is 13.8 Å². The molecule has 0 heterocycles. The van der Waals surface area contributed by atoms with E-state index in [0.717, 1.165) is 0 Å².